The van der Waals surface area contributed by atoms with Crippen LogP contribution in [0.4, 0.5) is 0 Å². The molecule has 0 radical (unpaired) electrons. The summed E-state index contributed by atoms with van der Waals surface area (Å²) in [4.78, 5) is 53.5. The van der Waals surface area contributed by atoms with Crippen LogP contribution < -0.4 is 0 Å². The molecule has 2 bridgehead atoms. The summed E-state index contributed by atoms with van der Waals surface area (Å²) in [5, 5.41) is 0. The summed E-state index contributed by atoms with van der Waals surface area (Å²) in [6.45, 7) is 4.92. The van der Waals surface area contributed by atoms with Crippen LogP contribution >= 0.6 is 0 Å². The normalized spacial score (nSPS) is 30.0. The first-order valence-corrected chi connectivity index (χ1v) is 14.7. The van der Waals surface area contributed by atoms with Crippen LogP contribution in [0.2, 0.25) is 0 Å². The average Bonchev–Trinajstić information content (AvgIpc) is 3.58. The van der Waals surface area contributed by atoms with Crippen molar-refractivity contribution in [1.82, 2.24) is 9.80 Å². The fourth-order valence-corrected chi connectivity index (χ4v) is 6.68. The minimum Gasteiger partial charge on any atom is -0.283 e. The first-order valence-electron chi connectivity index (χ1n) is 14.7. The van der Waals surface area contributed by atoms with Crippen LogP contribution in [0.1, 0.15) is 89.9 Å². The molecule has 2 fully saturated rings. The fraction of sp³-hybridized carbons (Fsp3) is 0.677. The standard InChI is InChI=1S/C31H44N2O4/c1-2-23-15-11-12-16-26(34)32(27(35)21-23)19-13-9-7-5-3-4-6-8-10-14-20-33-30(36)28-24-17-18-25(22-24)29(28)31(33)37/h2,11,15,17-18,23-25,28-29H,1,3-10,12-14,16,19-22H2/b15-11-. The van der Waals surface area contributed by atoms with Crippen LogP contribution in [0.15, 0.2) is 37.0 Å². The van der Waals surface area contributed by atoms with E-state index in [0.717, 1.165) is 44.9 Å². The van der Waals surface area contributed by atoms with Gasteiger partial charge in [0.1, 0.15) is 0 Å². The molecule has 4 rings (SSSR count). The van der Waals surface area contributed by atoms with E-state index < -0.39 is 0 Å². The number of allylic oxidation sites excluding steroid dienone is 5. The maximum absolute atomic E-state index is 12.7. The molecule has 0 aromatic heterocycles. The van der Waals surface area contributed by atoms with E-state index in [0.29, 0.717) is 44.2 Å². The number of fused-ring (bicyclic) bond motifs is 5. The Bertz CT molecular complexity index is 892. The zero-order valence-corrected chi connectivity index (χ0v) is 22.3. The lowest BCUT2D eigenvalue weighted by atomic mass is 9.85. The quantitative estimate of drug-likeness (QED) is 0.174. The highest BCUT2D eigenvalue weighted by Gasteiger charge is 2.58. The number of hydrogen-bond donors (Lipinski definition) is 0. The van der Waals surface area contributed by atoms with E-state index in [1.807, 2.05) is 12.2 Å². The Hall–Kier alpha value is -2.50. The smallest absolute Gasteiger partial charge is 0.233 e. The van der Waals surface area contributed by atoms with Crippen molar-refractivity contribution in [3.63, 3.8) is 0 Å². The molecule has 6 nitrogen and oxygen atoms in total. The second kappa shape index (κ2) is 13.3. The molecular formula is C31H44N2O4. The zero-order chi connectivity index (χ0) is 26.2. The molecule has 202 valence electrons. The molecule has 5 atom stereocenters. The van der Waals surface area contributed by atoms with E-state index >= 15 is 0 Å². The molecule has 4 amide bonds. The number of rotatable bonds is 14. The molecule has 0 N–H and O–H groups in total. The molecule has 1 saturated carbocycles. The first kappa shape index (κ1) is 27.5. The zero-order valence-electron chi connectivity index (χ0n) is 22.3. The second-order valence-corrected chi connectivity index (χ2v) is 11.4. The van der Waals surface area contributed by atoms with Gasteiger partial charge in [0.25, 0.3) is 0 Å². The first-order chi connectivity index (χ1) is 18.0. The molecule has 0 spiro atoms. The summed E-state index contributed by atoms with van der Waals surface area (Å²) in [6, 6.07) is 0. The number of carbonyl (C=O) groups excluding carboxylic acids is 4. The van der Waals surface area contributed by atoms with Gasteiger partial charge in [-0.15, -0.1) is 6.58 Å². The molecule has 5 unspecified atom stereocenters. The number of imide groups is 2. The average molecular weight is 509 g/mol. The minimum atomic E-state index is -0.0770. The predicted octanol–water partition coefficient (Wildman–Crippen LogP) is 5.59. The number of carbonyl (C=O) groups is 4. The van der Waals surface area contributed by atoms with Crippen molar-refractivity contribution in [3.05, 3.63) is 37.0 Å². The van der Waals surface area contributed by atoms with E-state index in [-0.39, 0.29) is 41.4 Å². The van der Waals surface area contributed by atoms with Crippen LogP contribution in [0.5, 0.6) is 0 Å². The molecule has 2 aliphatic heterocycles. The summed E-state index contributed by atoms with van der Waals surface area (Å²) in [7, 11) is 0. The van der Waals surface area contributed by atoms with Crippen molar-refractivity contribution in [2.24, 2.45) is 29.6 Å². The van der Waals surface area contributed by atoms with E-state index in [9.17, 15) is 19.2 Å². The number of amides is 4. The third-order valence-electron chi connectivity index (χ3n) is 8.80. The molecule has 4 aliphatic rings. The Morgan fingerprint density at radius 3 is 1.76 bits per heavy atom. The summed E-state index contributed by atoms with van der Waals surface area (Å²) in [6.07, 6.45) is 23.4. The Morgan fingerprint density at radius 1 is 0.703 bits per heavy atom. The Kier molecular flexibility index (Phi) is 9.93. The van der Waals surface area contributed by atoms with Gasteiger partial charge < -0.3 is 0 Å². The summed E-state index contributed by atoms with van der Waals surface area (Å²) in [5.74, 6) is 0.517. The summed E-state index contributed by atoms with van der Waals surface area (Å²) >= 11 is 0. The van der Waals surface area contributed by atoms with E-state index in [1.54, 1.807) is 11.0 Å². The van der Waals surface area contributed by atoms with E-state index in [2.05, 4.69) is 18.7 Å². The highest BCUT2D eigenvalue weighted by Crippen LogP contribution is 2.52. The van der Waals surface area contributed by atoms with Gasteiger partial charge in [-0.2, -0.15) is 0 Å². The van der Waals surface area contributed by atoms with Crippen LogP contribution in [0.3, 0.4) is 0 Å². The maximum atomic E-state index is 12.7. The van der Waals surface area contributed by atoms with Crippen molar-refractivity contribution in [2.75, 3.05) is 13.1 Å². The van der Waals surface area contributed by atoms with Crippen molar-refractivity contribution in [3.8, 4) is 0 Å². The highest BCUT2D eigenvalue weighted by atomic mass is 16.2. The van der Waals surface area contributed by atoms with E-state index in [1.165, 1.54) is 30.6 Å². The van der Waals surface area contributed by atoms with Crippen molar-refractivity contribution in [1.29, 1.82) is 0 Å². The van der Waals surface area contributed by atoms with Gasteiger partial charge in [0.15, 0.2) is 0 Å². The van der Waals surface area contributed by atoms with Crippen molar-refractivity contribution < 1.29 is 19.2 Å². The van der Waals surface area contributed by atoms with Gasteiger partial charge in [-0.25, -0.2) is 0 Å². The molecule has 2 aliphatic carbocycles. The van der Waals surface area contributed by atoms with Crippen LogP contribution in [0.25, 0.3) is 0 Å². The Labute approximate surface area is 222 Å². The lowest BCUT2D eigenvalue weighted by Crippen LogP contribution is -2.37. The summed E-state index contributed by atoms with van der Waals surface area (Å²) in [5.41, 5.74) is 0. The van der Waals surface area contributed by atoms with Gasteiger partial charge in [0.05, 0.1) is 11.8 Å². The molecule has 37 heavy (non-hydrogen) atoms. The van der Waals surface area contributed by atoms with Crippen molar-refractivity contribution >= 4 is 23.6 Å². The third-order valence-corrected chi connectivity index (χ3v) is 8.80. The second-order valence-electron chi connectivity index (χ2n) is 11.4. The monoisotopic (exact) mass is 508 g/mol. The predicted molar refractivity (Wildman–Crippen MR) is 144 cm³/mol. The number of likely N-dealkylation sites (tertiary alicyclic amines) is 1. The van der Waals surface area contributed by atoms with Crippen LogP contribution in [0, 0.1) is 29.6 Å². The summed E-state index contributed by atoms with van der Waals surface area (Å²) < 4.78 is 0. The molecule has 1 saturated heterocycles. The molecule has 6 heteroatoms. The van der Waals surface area contributed by atoms with Gasteiger partial charge >= 0.3 is 0 Å². The molecular weight excluding hydrogens is 464 g/mol. The van der Waals surface area contributed by atoms with Crippen LogP contribution in [-0.4, -0.2) is 46.5 Å². The minimum absolute atomic E-state index is 0.0124. The number of unbranched alkanes of at least 4 members (excludes halogenated alkanes) is 9. The van der Waals surface area contributed by atoms with Gasteiger partial charge in [-0.3, -0.25) is 29.0 Å². The highest BCUT2D eigenvalue weighted by molar-refractivity contribution is 6.06. The van der Waals surface area contributed by atoms with E-state index in [4.69, 9.17) is 0 Å². The lowest BCUT2D eigenvalue weighted by Gasteiger charge is -2.21. The van der Waals surface area contributed by atoms with Gasteiger partial charge in [-0.05, 0) is 37.5 Å². The van der Waals surface area contributed by atoms with Crippen LogP contribution in [-0.2, 0) is 19.2 Å². The SMILES string of the molecule is C=CC1/C=C\CCC(=O)N(CCCCCCCCCCCCN2C(=O)C3C4C=CC(C4)C3C2=O)C(=O)C1. The largest absolute Gasteiger partial charge is 0.283 e. The number of nitrogens with zero attached hydrogens (tertiary/aromatic N) is 2. The maximum Gasteiger partial charge on any atom is 0.233 e. The fourth-order valence-electron chi connectivity index (χ4n) is 6.68. The lowest BCUT2D eigenvalue weighted by molar-refractivity contribution is -0.145. The molecule has 2 heterocycles. The van der Waals surface area contributed by atoms with Gasteiger partial charge in [0, 0.05) is 31.8 Å². The topological polar surface area (TPSA) is 74.8 Å². The van der Waals surface area contributed by atoms with Gasteiger partial charge in [-0.1, -0.05) is 81.7 Å². The molecule has 0 aromatic carbocycles. The Morgan fingerprint density at radius 2 is 1.22 bits per heavy atom. The third kappa shape index (κ3) is 6.69. The number of hydrogen-bond acceptors (Lipinski definition) is 4. The Balaban J connectivity index is 1.000. The molecule has 0 aromatic rings. The van der Waals surface area contributed by atoms with Crippen molar-refractivity contribution in [2.45, 2.75) is 89.9 Å². The van der Waals surface area contributed by atoms with Gasteiger partial charge in [0.2, 0.25) is 23.6 Å².